The molecule has 25 heavy (non-hydrogen) atoms. The maximum atomic E-state index is 12.7. The summed E-state index contributed by atoms with van der Waals surface area (Å²) < 4.78 is 23.9. The lowest BCUT2D eigenvalue weighted by atomic mass is 10.2. The molecule has 0 aliphatic carbocycles. The van der Waals surface area contributed by atoms with Crippen molar-refractivity contribution < 1.29 is 13.6 Å². The van der Waals surface area contributed by atoms with Gasteiger partial charge in [0, 0.05) is 10.8 Å². The van der Waals surface area contributed by atoms with Gasteiger partial charge in [0.15, 0.2) is 0 Å². The van der Waals surface area contributed by atoms with Gasteiger partial charge >= 0.3 is 7.60 Å². The summed E-state index contributed by atoms with van der Waals surface area (Å²) in [5.74, 6) is 0.802. The van der Waals surface area contributed by atoms with Gasteiger partial charge in [0.1, 0.15) is 11.5 Å². The van der Waals surface area contributed by atoms with Crippen LogP contribution in [-0.4, -0.2) is 16.6 Å². The van der Waals surface area contributed by atoms with Crippen LogP contribution in [0, 0.1) is 0 Å². The van der Waals surface area contributed by atoms with E-state index in [0.29, 0.717) is 11.5 Å². The first-order chi connectivity index (χ1) is 12.1. The van der Waals surface area contributed by atoms with Gasteiger partial charge in [-0.3, -0.25) is 9.97 Å². The van der Waals surface area contributed by atoms with E-state index < -0.39 is 7.60 Å². The number of hydrogen-bond acceptors (Lipinski definition) is 5. The predicted octanol–water partition coefficient (Wildman–Crippen LogP) is 5.06. The highest BCUT2D eigenvalue weighted by Gasteiger charge is 2.21. The lowest BCUT2D eigenvalue weighted by Crippen LogP contribution is -2.00. The Balaban J connectivity index is 1.58. The Morgan fingerprint density at radius 3 is 1.68 bits per heavy atom. The van der Waals surface area contributed by atoms with Gasteiger partial charge in [0.05, 0.1) is 30.1 Å². The molecule has 0 atom stereocenters. The third-order valence-corrected chi connectivity index (χ3v) is 4.76. The highest BCUT2D eigenvalue weighted by Crippen LogP contribution is 2.45. The van der Waals surface area contributed by atoms with E-state index in [1.54, 1.807) is 24.5 Å². The molecule has 2 aromatic heterocycles. The van der Waals surface area contributed by atoms with Gasteiger partial charge < -0.3 is 9.05 Å². The van der Waals surface area contributed by atoms with Gasteiger partial charge in [-0.05, 0) is 24.3 Å². The highest BCUT2D eigenvalue weighted by molar-refractivity contribution is 7.53. The van der Waals surface area contributed by atoms with E-state index in [0.717, 1.165) is 21.8 Å². The first-order valence-corrected chi connectivity index (χ1v) is 9.74. The Hall–Kier alpha value is -2.91. The van der Waals surface area contributed by atoms with Gasteiger partial charge in [-0.2, -0.15) is 0 Å². The number of nitrogens with zero attached hydrogens (tertiary/aromatic N) is 2. The molecule has 5 nitrogen and oxygen atoms in total. The van der Waals surface area contributed by atoms with Crippen molar-refractivity contribution in [3.8, 4) is 11.5 Å². The molecule has 0 N–H and O–H groups in total. The number of para-hydroxylation sites is 2. The molecule has 0 radical (unpaired) electrons. The summed E-state index contributed by atoms with van der Waals surface area (Å²) in [7, 11) is -3.37. The summed E-state index contributed by atoms with van der Waals surface area (Å²) in [6, 6.07) is 18.9. The van der Waals surface area contributed by atoms with Crippen molar-refractivity contribution in [1.82, 2.24) is 9.97 Å². The Kier molecular flexibility index (Phi) is 3.86. The molecule has 0 fully saturated rings. The van der Waals surface area contributed by atoms with Crippen molar-refractivity contribution in [2.75, 3.05) is 6.66 Å². The van der Waals surface area contributed by atoms with Gasteiger partial charge in [0.25, 0.3) is 0 Å². The van der Waals surface area contributed by atoms with Crippen LogP contribution in [-0.2, 0) is 4.57 Å². The van der Waals surface area contributed by atoms with Gasteiger partial charge in [0.2, 0.25) is 0 Å². The molecule has 2 heterocycles. The van der Waals surface area contributed by atoms with Gasteiger partial charge in [-0.15, -0.1) is 0 Å². The smallest absolute Gasteiger partial charge is 0.415 e. The number of hydrogen-bond donors (Lipinski definition) is 0. The average molecular weight is 350 g/mol. The SMILES string of the molecule is CP(=O)(Oc1cnc2ccccc2c1)Oc1cnc2ccccc2c1. The molecule has 0 aliphatic heterocycles. The van der Waals surface area contributed by atoms with Crippen molar-refractivity contribution in [2.24, 2.45) is 0 Å². The standard InChI is InChI=1S/C19H15N2O3P/c1-25(22,23-16-10-14-6-2-4-8-18(14)20-12-16)24-17-11-15-7-3-5-9-19(15)21-13-17/h2-13H,1H3. The second-order valence-corrected chi connectivity index (χ2v) is 7.59. The minimum atomic E-state index is -3.37. The van der Waals surface area contributed by atoms with E-state index in [2.05, 4.69) is 9.97 Å². The Morgan fingerprint density at radius 2 is 1.20 bits per heavy atom. The molecule has 4 aromatic rings. The van der Waals surface area contributed by atoms with Crippen molar-refractivity contribution in [3.05, 3.63) is 73.1 Å². The van der Waals surface area contributed by atoms with Gasteiger partial charge in [-0.1, -0.05) is 36.4 Å². The molecule has 4 rings (SSSR count). The van der Waals surface area contributed by atoms with E-state index >= 15 is 0 Å². The first kappa shape index (κ1) is 15.6. The van der Waals surface area contributed by atoms with Crippen molar-refractivity contribution >= 4 is 29.4 Å². The lowest BCUT2D eigenvalue weighted by Gasteiger charge is -2.16. The van der Waals surface area contributed by atoms with Crippen LogP contribution in [0.15, 0.2) is 73.1 Å². The molecule has 0 aliphatic rings. The molecule has 0 saturated heterocycles. The fraction of sp³-hybridized carbons (Fsp3) is 0.0526. The van der Waals surface area contributed by atoms with Crippen LogP contribution in [0.5, 0.6) is 11.5 Å². The molecule has 124 valence electrons. The monoisotopic (exact) mass is 350 g/mol. The van der Waals surface area contributed by atoms with Gasteiger partial charge in [-0.25, -0.2) is 4.57 Å². The predicted molar refractivity (Wildman–Crippen MR) is 98.3 cm³/mol. The number of aromatic nitrogens is 2. The fourth-order valence-electron chi connectivity index (χ4n) is 2.60. The molecule has 0 unspecified atom stereocenters. The minimum Gasteiger partial charge on any atom is -0.415 e. The number of rotatable bonds is 4. The molecule has 0 bridgehead atoms. The number of benzene rings is 2. The summed E-state index contributed by atoms with van der Waals surface area (Å²) >= 11 is 0. The number of fused-ring (bicyclic) bond motifs is 2. The second kappa shape index (κ2) is 6.19. The van der Waals surface area contributed by atoms with Crippen molar-refractivity contribution in [3.63, 3.8) is 0 Å². The summed E-state index contributed by atoms with van der Waals surface area (Å²) in [4.78, 5) is 8.60. The maximum absolute atomic E-state index is 12.7. The molecule has 6 heteroatoms. The zero-order chi connectivity index (χ0) is 17.3. The normalized spacial score (nSPS) is 11.6. The Morgan fingerprint density at radius 1 is 0.760 bits per heavy atom. The van der Waals surface area contributed by atoms with Crippen molar-refractivity contribution in [1.29, 1.82) is 0 Å². The van der Waals surface area contributed by atoms with Crippen LogP contribution < -0.4 is 9.05 Å². The second-order valence-electron chi connectivity index (χ2n) is 5.68. The maximum Gasteiger partial charge on any atom is 0.427 e. The fourth-order valence-corrected chi connectivity index (χ4v) is 3.61. The zero-order valence-corrected chi connectivity index (χ0v) is 14.4. The molecule has 0 amide bonds. The largest absolute Gasteiger partial charge is 0.427 e. The molecule has 2 aromatic carbocycles. The third-order valence-electron chi connectivity index (χ3n) is 3.67. The van der Waals surface area contributed by atoms with Crippen LogP contribution in [0.3, 0.4) is 0 Å². The first-order valence-electron chi connectivity index (χ1n) is 7.75. The summed E-state index contributed by atoms with van der Waals surface area (Å²) in [6.07, 6.45) is 3.08. The van der Waals surface area contributed by atoms with E-state index in [1.807, 2.05) is 48.5 Å². The van der Waals surface area contributed by atoms with Crippen LogP contribution in [0.4, 0.5) is 0 Å². The van der Waals surface area contributed by atoms with Crippen LogP contribution in [0.2, 0.25) is 0 Å². The van der Waals surface area contributed by atoms with E-state index in [1.165, 1.54) is 6.66 Å². The highest BCUT2D eigenvalue weighted by atomic mass is 31.2. The summed E-state index contributed by atoms with van der Waals surface area (Å²) in [6.45, 7) is 1.43. The van der Waals surface area contributed by atoms with Crippen LogP contribution in [0.1, 0.15) is 0 Å². The zero-order valence-electron chi connectivity index (χ0n) is 13.5. The topological polar surface area (TPSA) is 61.3 Å². The van der Waals surface area contributed by atoms with E-state index in [4.69, 9.17) is 9.05 Å². The Labute approximate surface area is 144 Å². The summed E-state index contributed by atoms with van der Waals surface area (Å²) in [5, 5.41) is 1.82. The number of pyridine rings is 2. The quantitative estimate of drug-likeness (QED) is 0.481. The van der Waals surface area contributed by atoms with Crippen LogP contribution >= 0.6 is 7.60 Å². The molecular weight excluding hydrogens is 335 g/mol. The Bertz CT molecular complexity index is 1030. The third kappa shape index (κ3) is 3.47. The minimum absolute atomic E-state index is 0.401. The van der Waals surface area contributed by atoms with Crippen molar-refractivity contribution in [2.45, 2.75) is 0 Å². The average Bonchev–Trinajstić information content (AvgIpc) is 2.61. The lowest BCUT2D eigenvalue weighted by molar-refractivity contribution is 0.393. The molecule has 0 spiro atoms. The molecular formula is C19H15N2O3P. The van der Waals surface area contributed by atoms with Crippen LogP contribution in [0.25, 0.3) is 21.8 Å². The van der Waals surface area contributed by atoms with E-state index in [-0.39, 0.29) is 0 Å². The molecule has 0 saturated carbocycles. The summed E-state index contributed by atoms with van der Waals surface area (Å²) in [5.41, 5.74) is 1.70. The van der Waals surface area contributed by atoms with E-state index in [9.17, 15) is 4.57 Å².